The minimum atomic E-state index is -1.19. The number of alkyl carbamates (subject to hydrolysis) is 1. The third-order valence-electron chi connectivity index (χ3n) is 3.24. The Morgan fingerprint density at radius 1 is 1.18 bits per heavy atom. The van der Waals surface area contributed by atoms with Crippen LogP contribution in [0.2, 0.25) is 0 Å². The number of nitrogens with one attached hydrogen (secondary N) is 1. The number of hydrogen-bond donors (Lipinski definition) is 2. The van der Waals surface area contributed by atoms with E-state index in [1.807, 2.05) is 48.5 Å². The Balaban J connectivity index is 1.86. The number of hydrogen-bond acceptors (Lipinski definition) is 3. The van der Waals surface area contributed by atoms with Crippen LogP contribution in [0.25, 0.3) is 0 Å². The van der Waals surface area contributed by atoms with Crippen molar-refractivity contribution in [2.75, 3.05) is 6.54 Å². The molecule has 1 unspecified atom stereocenters. The second-order valence-corrected chi connectivity index (χ2v) is 6.02. The fraction of sp³-hybridized carbons (Fsp3) is 0.235. The number of aliphatic hydroxyl groups is 1. The molecule has 0 heterocycles. The molecule has 5 heteroatoms. The van der Waals surface area contributed by atoms with Gasteiger partial charge in [0.15, 0.2) is 0 Å². The molecule has 116 valence electrons. The Kier molecular flexibility index (Phi) is 5.57. The van der Waals surface area contributed by atoms with Crippen LogP contribution in [0.5, 0.6) is 0 Å². The molecule has 0 fully saturated rings. The number of ether oxygens (including phenoxy) is 1. The van der Waals surface area contributed by atoms with Gasteiger partial charge in [-0.05, 0) is 24.1 Å². The average Bonchev–Trinajstić information content (AvgIpc) is 2.52. The number of amides is 1. The molecule has 2 aromatic rings. The second-order valence-electron chi connectivity index (χ2n) is 5.17. The van der Waals surface area contributed by atoms with Crippen LogP contribution in [0.4, 0.5) is 4.79 Å². The van der Waals surface area contributed by atoms with E-state index < -0.39 is 11.7 Å². The van der Waals surface area contributed by atoms with E-state index in [0.717, 1.165) is 10.0 Å². The van der Waals surface area contributed by atoms with Crippen LogP contribution in [0, 0.1) is 0 Å². The highest BCUT2D eigenvalue weighted by Crippen LogP contribution is 2.27. The molecular formula is C17H18BrNO3. The second kappa shape index (κ2) is 7.42. The lowest BCUT2D eigenvalue weighted by molar-refractivity contribution is 0.0523. The summed E-state index contributed by atoms with van der Waals surface area (Å²) in [7, 11) is 0. The Labute approximate surface area is 138 Å². The average molecular weight is 364 g/mol. The predicted molar refractivity (Wildman–Crippen MR) is 88.3 cm³/mol. The van der Waals surface area contributed by atoms with E-state index in [-0.39, 0.29) is 13.2 Å². The van der Waals surface area contributed by atoms with Crippen LogP contribution in [0.15, 0.2) is 59.1 Å². The van der Waals surface area contributed by atoms with Gasteiger partial charge in [-0.3, -0.25) is 0 Å². The zero-order chi connectivity index (χ0) is 16.0. The van der Waals surface area contributed by atoms with Crippen LogP contribution in [0.3, 0.4) is 0 Å². The van der Waals surface area contributed by atoms with Crippen molar-refractivity contribution in [3.05, 3.63) is 70.2 Å². The van der Waals surface area contributed by atoms with E-state index >= 15 is 0 Å². The molecule has 2 aromatic carbocycles. The molecule has 0 aliphatic carbocycles. The normalized spacial score (nSPS) is 13.2. The van der Waals surface area contributed by atoms with E-state index in [2.05, 4.69) is 21.2 Å². The molecule has 2 rings (SSSR count). The van der Waals surface area contributed by atoms with E-state index in [9.17, 15) is 9.90 Å². The zero-order valence-corrected chi connectivity index (χ0v) is 13.8. The van der Waals surface area contributed by atoms with Crippen molar-refractivity contribution in [3.8, 4) is 0 Å². The number of carbonyl (C=O) groups excluding carboxylic acids is 1. The molecule has 0 aromatic heterocycles. The van der Waals surface area contributed by atoms with Gasteiger partial charge in [-0.1, -0.05) is 64.5 Å². The highest BCUT2D eigenvalue weighted by molar-refractivity contribution is 9.10. The maximum atomic E-state index is 11.7. The first-order valence-electron chi connectivity index (χ1n) is 6.91. The minimum Gasteiger partial charge on any atom is -0.445 e. The Hall–Kier alpha value is -1.85. The van der Waals surface area contributed by atoms with E-state index in [1.165, 1.54) is 0 Å². The zero-order valence-electron chi connectivity index (χ0n) is 12.3. The van der Waals surface area contributed by atoms with Crippen LogP contribution in [0.1, 0.15) is 18.1 Å². The Bertz CT molecular complexity index is 629. The highest BCUT2D eigenvalue weighted by atomic mass is 79.9. The summed E-state index contributed by atoms with van der Waals surface area (Å²) < 4.78 is 5.91. The molecule has 0 radical (unpaired) electrons. The van der Waals surface area contributed by atoms with Gasteiger partial charge in [0.2, 0.25) is 0 Å². The summed E-state index contributed by atoms with van der Waals surface area (Å²) in [6, 6.07) is 16.8. The van der Waals surface area contributed by atoms with Crippen molar-refractivity contribution >= 4 is 22.0 Å². The summed E-state index contributed by atoms with van der Waals surface area (Å²) in [5.41, 5.74) is 0.430. The first kappa shape index (κ1) is 16.5. The number of halogens is 1. The van der Waals surface area contributed by atoms with Gasteiger partial charge in [0, 0.05) is 4.47 Å². The van der Waals surface area contributed by atoms with Gasteiger partial charge in [-0.2, -0.15) is 0 Å². The largest absolute Gasteiger partial charge is 0.445 e. The molecule has 22 heavy (non-hydrogen) atoms. The molecule has 0 bridgehead atoms. The van der Waals surface area contributed by atoms with Gasteiger partial charge in [0.05, 0.1) is 6.54 Å². The first-order chi connectivity index (χ1) is 10.5. The fourth-order valence-corrected chi connectivity index (χ4v) is 2.72. The summed E-state index contributed by atoms with van der Waals surface area (Å²) in [5, 5.41) is 13.1. The maximum Gasteiger partial charge on any atom is 0.407 e. The third-order valence-corrected chi connectivity index (χ3v) is 3.94. The summed E-state index contributed by atoms with van der Waals surface area (Å²) in [6.07, 6.45) is -0.559. The van der Waals surface area contributed by atoms with Crippen molar-refractivity contribution in [2.24, 2.45) is 0 Å². The van der Waals surface area contributed by atoms with Gasteiger partial charge in [-0.15, -0.1) is 0 Å². The molecule has 4 nitrogen and oxygen atoms in total. The third kappa shape index (κ3) is 4.58. The van der Waals surface area contributed by atoms with E-state index in [1.54, 1.807) is 13.0 Å². The molecular weight excluding hydrogens is 346 g/mol. The lowest BCUT2D eigenvalue weighted by Crippen LogP contribution is -2.39. The lowest BCUT2D eigenvalue weighted by atomic mass is 9.96. The molecule has 0 aliphatic heterocycles. The van der Waals surface area contributed by atoms with Crippen molar-refractivity contribution in [3.63, 3.8) is 0 Å². The Morgan fingerprint density at radius 2 is 1.82 bits per heavy atom. The monoisotopic (exact) mass is 363 g/mol. The molecule has 0 spiro atoms. The SMILES string of the molecule is CC(O)(CNC(=O)OCc1ccccc1)c1ccccc1Br. The standard InChI is InChI=1S/C17H18BrNO3/c1-17(21,14-9-5-6-10-15(14)18)12-19-16(20)22-11-13-7-3-2-4-8-13/h2-10,21H,11-12H2,1H3,(H,19,20). The first-order valence-corrected chi connectivity index (χ1v) is 7.70. The molecule has 2 N–H and O–H groups in total. The van der Waals surface area contributed by atoms with Crippen LogP contribution in [-0.2, 0) is 16.9 Å². The fourth-order valence-electron chi connectivity index (χ4n) is 2.01. The van der Waals surface area contributed by atoms with Crippen molar-refractivity contribution in [1.82, 2.24) is 5.32 Å². The van der Waals surface area contributed by atoms with E-state index in [4.69, 9.17) is 4.74 Å². The summed E-state index contributed by atoms with van der Waals surface area (Å²) >= 11 is 3.40. The van der Waals surface area contributed by atoms with Gasteiger partial charge in [-0.25, -0.2) is 4.79 Å². The van der Waals surface area contributed by atoms with E-state index in [0.29, 0.717) is 5.56 Å². The van der Waals surface area contributed by atoms with Crippen molar-refractivity contribution in [2.45, 2.75) is 19.1 Å². The molecule has 1 amide bonds. The minimum absolute atomic E-state index is 0.0588. The van der Waals surface area contributed by atoms with Crippen molar-refractivity contribution in [1.29, 1.82) is 0 Å². The molecule has 0 aliphatic rings. The quantitative estimate of drug-likeness (QED) is 0.853. The highest BCUT2D eigenvalue weighted by Gasteiger charge is 2.26. The maximum absolute atomic E-state index is 11.7. The molecule has 1 atom stereocenters. The van der Waals surface area contributed by atoms with Crippen LogP contribution >= 0.6 is 15.9 Å². The number of rotatable bonds is 5. The van der Waals surface area contributed by atoms with Gasteiger partial charge in [0.25, 0.3) is 0 Å². The number of benzene rings is 2. The van der Waals surface area contributed by atoms with Crippen LogP contribution < -0.4 is 5.32 Å². The summed E-state index contributed by atoms with van der Waals surface area (Å²) in [6.45, 7) is 1.90. The van der Waals surface area contributed by atoms with Crippen molar-refractivity contribution < 1.29 is 14.6 Å². The smallest absolute Gasteiger partial charge is 0.407 e. The number of carbonyl (C=O) groups is 1. The van der Waals surface area contributed by atoms with Crippen LogP contribution in [-0.4, -0.2) is 17.7 Å². The molecule has 0 saturated heterocycles. The van der Waals surface area contributed by atoms with Gasteiger partial charge >= 0.3 is 6.09 Å². The summed E-state index contributed by atoms with van der Waals surface area (Å²) in [5.74, 6) is 0. The van der Waals surface area contributed by atoms with Gasteiger partial charge < -0.3 is 15.2 Å². The molecule has 0 saturated carbocycles. The summed E-state index contributed by atoms with van der Waals surface area (Å²) in [4.78, 5) is 11.7. The topological polar surface area (TPSA) is 58.6 Å². The van der Waals surface area contributed by atoms with Gasteiger partial charge in [0.1, 0.15) is 12.2 Å². The lowest BCUT2D eigenvalue weighted by Gasteiger charge is -2.25. The Morgan fingerprint density at radius 3 is 2.50 bits per heavy atom. The predicted octanol–water partition coefficient (Wildman–Crippen LogP) is 3.58.